The van der Waals surface area contributed by atoms with E-state index in [4.69, 9.17) is 4.74 Å². The average molecular weight is 283 g/mol. The summed E-state index contributed by atoms with van der Waals surface area (Å²) in [6, 6.07) is 0. The summed E-state index contributed by atoms with van der Waals surface area (Å²) in [5, 5.41) is 13.7. The van der Waals surface area contributed by atoms with Crippen LogP contribution in [0.4, 0.5) is 0 Å². The van der Waals surface area contributed by atoms with Crippen molar-refractivity contribution in [3.63, 3.8) is 0 Å². The molecule has 1 aliphatic heterocycles. The predicted octanol–water partition coefficient (Wildman–Crippen LogP) is 2.27. The number of aliphatic hydroxyl groups is 1. The van der Waals surface area contributed by atoms with Gasteiger partial charge in [-0.15, -0.1) is 6.58 Å². The molecular weight excluding hydrogens is 254 g/mol. The minimum absolute atomic E-state index is 0.0248. The van der Waals surface area contributed by atoms with Crippen LogP contribution in [0.2, 0.25) is 0 Å². The lowest BCUT2D eigenvalue weighted by Crippen LogP contribution is -2.54. The zero-order valence-electron chi connectivity index (χ0n) is 13.3. The van der Waals surface area contributed by atoms with Crippen molar-refractivity contribution >= 4 is 5.91 Å². The second-order valence-corrected chi connectivity index (χ2v) is 6.81. The van der Waals surface area contributed by atoms with Crippen LogP contribution in [0.15, 0.2) is 12.2 Å². The molecule has 1 amide bonds. The van der Waals surface area contributed by atoms with Crippen molar-refractivity contribution in [3.8, 4) is 0 Å². The molecule has 1 rings (SSSR count). The Morgan fingerprint density at radius 1 is 1.45 bits per heavy atom. The molecule has 0 aromatic carbocycles. The number of ether oxygens (including phenoxy) is 1. The molecule has 1 fully saturated rings. The SMILES string of the molecule is C=C(C)CC(C)C(=O)NCC(C)(C)C1(O)CCOCC1. The Kier molecular flexibility index (Phi) is 5.78. The lowest BCUT2D eigenvalue weighted by atomic mass is 9.70. The zero-order chi connectivity index (χ0) is 15.4. The first-order valence-corrected chi connectivity index (χ1v) is 7.40. The summed E-state index contributed by atoms with van der Waals surface area (Å²) in [5.74, 6) is -0.0515. The topological polar surface area (TPSA) is 58.6 Å². The molecule has 2 N–H and O–H groups in total. The van der Waals surface area contributed by atoms with Crippen molar-refractivity contribution in [2.45, 2.75) is 52.6 Å². The van der Waals surface area contributed by atoms with Gasteiger partial charge >= 0.3 is 0 Å². The Morgan fingerprint density at radius 2 is 2.00 bits per heavy atom. The van der Waals surface area contributed by atoms with Gasteiger partial charge < -0.3 is 15.2 Å². The minimum atomic E-state index is -0.768. The molecule has 20 heavy (non-hydrogen) atoms. The summed E-state index contributed by atoms with van der Waals surface area (Å²) in [5.41, 5.74) is -0.124. The van der Waals surface area contributed by atoms with Crippen LogP contribution in [0, 0.1) is 11.3 Å². The van der Waals surface area contributed by atoms with Crippen LogP contribution in [0.25, 0.3) is 0 Å². The molecule has 4 nitrogen and oxygen atoms in total. The summed E-state index contributed by atoms with van der Waals surface area (Å²) in [7, 11) is 0. The van der Waals surface area contributed by atoms with Crippen LogP contribution in [0.5, 0.6) is 0 Å². The van der Waals surface area contributed by atoms with E-state index in [2.05, 4.69) is 11.9 Å². The molecule has 0 saturated carbocycles. The predicted molar refractivity (Wildman–Crippen MR) is 80.4 cm³/mol. The molecular formula is C16H29NO3. The maximum Gasteiger partial charge on any atom is 0.223 e. The van der Waals surface area contributed by atoms with E-state index in [0.29, 0.717) is 39.0 Å². The maximum absolute atomic E-state index is 12.1. The monoisotopic (exact) mass is 283 g/mol. The molecule has 0 aromatic heterocycles. The van der Waals surface area contributed by atoms with Crippen LogP contribution in [0.3, 0.4) is 0 Å². The summed E-state index contributed by atoms with van der Waals surface area (Å²) in [6.45, 7) is 13.3. The highest BCUT2D eigenvalue weighted by Gasteiger charge is 2.44. The number of carbonyl (C=O) groups is 1. The van der Waals surface area contributed by atoms with Crippen LogP contribution in [-0.4, -0.2) is 36.4 Å². The third-order valence-corrected chi connectivity index (χ3v) is 4.39. The molecule has 1 saturated heterocycles. The third-order valence-electron chi connectivity index (χ3n) is 4.39. The molecule has 1 heterocycles. The van der Waals surface area contributed by atoms with Crippen molar-refractivity contribution in [2.24, 2.45) is 11.3 Å². The second kappa shape index (κ2) is 6.72. The van der Waals surface area contributed by atoms with Crippen molar-refractivity contribution in [3.05, 3.63) is 12.2 Å². The Balaban J connectivity index is 2.54. The van der Waals surface area contributed by atoms with Gasteiger partial charge in [-0.1, -0.05) is 26.3 Å². The Labute approximate surface area is 122 Å². The van der Waals surface area contributed by atoms with E-state index in [9.17, 15) is 9.90 Å². The van der Waals surface area contributed by atoms with E-state index in [0.717, 1.165) is 5.57 Å². The summed E-state index contributed by atoms with van der Waals surface area (Å²) in [4.78, 5) is 12.1. The van der Waals surface area contributed by atoms with Gasteiger partial charge in [-0.3, -0.25) is 4.79 Å². The van der Waals surface area contributed by atoms with Gasteiger partial charge in [0.05, 0.1) is 5.60 Å². The molecule has 0 spiro atoms. The maximum atomic E-state index is 12.1. The number of rotatable bonds is 6. The first kappa shape index (κ1) is 17.2. The smallest absolute Gasteiger partial charge is 0.223 e. The van der Waals surface area contributed by atoms with Gasteiger partial charge in [-0.25, -0.2) is 0 Å². The molecule has 0 bridgehead atoms. The van der Waals surface area contributed by atoms with E-state index < -0.39 is 5.60 Å². The number of hydrogen-bond donors (Lipinski definition) is 2. The molecule has 0 radical (unpaired) electrons. The zero-order valence-corrected chi connectivity index (χ0v) is 13.3. The fraction of sp³-hybridized carbons (Fsp3) is 0.812. The molecule has 116 valence electrons. The second-order valence-electron chi connectivity index (χ2n) is 6.81. The van der Waals surface area contributed by atoms with Gasteiger partial charge in [-0.05, 0) is 13.3 Å². The van der Waals surface area contributed by atoms with E-state index in [1.54, 1.807) is 0 Å². The highest BCUT2D eigenvalue weighted by molar-refractivity contribution is 5.78. The molecule has 0 aromatic rings. The fourth-order valence-electron chi connectivity index (χ4n) is 2.65. The number of nitrogens with one attached hydrogen (secondary N) is 1. The molecule has 1 atom stereocenters. The largest absolute Gasteiger partial charge is 0.389 e. The molecule has 1 unspecified atom stereocenters. The summed E-state index contributed by atoms with van der Waals surface area (Å²) in [6.07, 6.45) is 1.94. The van der Waals surface area contributed by atoms with E-state index >= 15 is 0 Å². The van der Waals surface area contributed by atoms with Crippen LogP contribution in [0.1, 0.15) is 47.0 Å². The summed E-state index contributed by atoms with van der Waals surface area (Å²) >= 11 is 0. The van der Waals surface area contributed by atoms with Gasteiger partial charge in [-0.2, -0.15) is 0 Å². The Hall–Kier alpha value is -0.870. The number of hydrogen-bond acceptors (Lipinski definition) is 3. The first-order valence-electron chi connectivity index (χ1n) is 7.40. The minimum Gasteiger partial charge on any atom is -0.389 e. The lowest BCUT2D eigenvalue weighted by molar-refractivity contribution is -0.137. The van der Waals surface area contributed by atoms with Crippen molar-refractivity contribution in [1.82, 2.24) is 5.32 Å². The van der Waals surface area contributed by atoms with Gasteiger partial charge in [0.2, 0.25) is 5.91 Å². The van der Waals surface area contributed by atoms with Crippen LogP contribution >= 0.6 is 0 Å². The lowest BCUT2D eigenvalue weighted by Gasteiger charge is -2.45. The highest BCUT2D eigenvalue weighted by Crippen LogP contribution is 2.38. The molecule has 4 heteroatoms. The first-order chi connectivity index (χ1) is 9.18. The van der Waals surface area contributed by atoms with Gasteiger partial charge in [0.1, 0.15) is 0 Å². The quantitative estimate of drug-likeness (QED) is 0.735. The number of carbonyl (C=O) groups excluding carboxylic acids is 1. The average Bonchev–Trinajstić information content (AvgIpc) is 2.36. The molecule has 0 aliphatic carbocycles. The van der Waals surface area contributed by atoms with E-state index in [1.165, 1.54) is 0 Å². The number of allylic oxidation sites excluding steroid dienone is 1. The van der Waals surface area contributed by atoms with Gasteiger partial charge in [0, 0.05) is 43.9 Å². The Morgan fingerprint density at radius 3 is 2.50 bits per heavy atom. The van der Waals surface area contributed by atoms with Gasteiger partial charge in [0.15, 0.2) is 0 Å². The van der Waals surface area contributed by atoms with E-state index in [1.807, 2.05) is 27.7 Å². The summed E-state index contributed by atoms with van der Waals surface area (Å²) < 4.78 is 5.31. The van der Waals surface area contributed by atoms with Crippen molar-refractivity contribution < 1.29 is 14.6 Å². The fourth-order valence-corrected chi connectivity index (χ4v) is 2.65. The highest BCUT2D eigenvalue weighted by atomic mass is 16.5. The standard InChI is InChI=1S/C16H29NO3/c1-12(2)10-13(3)14(18)17-11-15(4,5)16(19)6-8-20-9-7-16/h13,19H,1,6-11H2,2-5H3,(H,17,18). The number of amides is 1. The van der Waals surface area contributed by atoms with E-state index in [-0.39, 0.29) is 17.2 Å². The van der Waals surface area contributed by atoms with Crippen LogP contribution in [-0.2, 0) is 9.53 Å². The molecule has 1 aliphatic rings. The van der Waals surface area contributed by atoms with Gasteiger partial charge in [0.25, 0.3) is 0 Å². The van der Waals surface area contributed by atoms with Crippen LogP contribution < -0.4 is 5.32 Å². The van der Waals surface area contributed by atoms with Crippen molar-refractivity contribution in [1.29, 1.82) is 0 Å². The normalized spacial score (nSPS) is 20.2. The Bertz CT molecular complexity index is 357. The van der Waals surface area contributed by atoms with Crippen molar-refractivity contribution in [2.75, 3.05) is 19.8 Å². The third kappa shape index (κ3) is 4.32.